The first-order valence-electron chi connectivity index (χ1n) is 5.89. The molecule has 0 bridgehead atoms. The Morgan fingerprint density at radius 2 is 2.06 bits per heavy atom. The van der Waals surface area contributed by atoms with Crippen LogP contribution in [0.3, 0.4) is 0 Å². The van der Waals surface area contributed by atoms with Crippen LogP contribution in [0.4, 0.5) is 0 Å². The van der Waals surface area contributed by atoms with Gasteiger partial charge in [0.05, 0.1) is 23.0 Å². The van der Waals surface area contributed by atoms with Gasteiger partial charge >= 0.3 is 0 Å². The van der Waals surface area contributed by atoms with Crippen molar-refractivity contribution in [1.82, 2.24) is 14.8 Å². The van der Waals surface area contributed by atoms with Crippen molar-refractivity contribution in [3.63, 3.8) is 0 Å². The molecule has 2 rings (SSSR count). The molecule has 0 amide bonds. The van der Waals surface area contributed by atoms with Crippen LogP contribution in [-0.4, -0.2) is 19.9 Å². The molecule has 0 spiro atoms. The standard InChI is InChI=1S/C13H16ClN3O/c1-4-11-5-10(7-18)6-12(15-11)17-9(3)13(14)8(2)16-17/h5-6,18H,4,7H2,1-3H3. The summed E-state index contributed by atoms with van der Waals surface area (Å²) < 4.78 is 1.72. The van der Waals surface area contributed by atoms with Crippen LogP contribution in [0.5, 0.6) is 0 Å². The second kappa shape index (κ2) is 5.08. The number of aryl methyl sites for hydroxylation is 2. The van der Waals surface area contributed by atoms with Gasteiger partial charge in [0.15, 0.2) is 5.82 Å². The maximum absolute atomic E-state index is 9.27. The molecule has 2 aromatic rings. The second-order valence-corrected chi connectivity index (χ2v) is 4.61. The Labute approximate surface area is 111 Å². The fourth-order valence-electron chi connectivity index (χ4n) is 1.86. The van der Waals surface area contributed by atoms with Gasteiger partial charge in [-0.25, -0.2) is 9.67 Å². The summed E-state index contributed by atoms with van der Waals surface area (Å²) in [4.78, 5) is 4.52. The molecule has 2 aromatic heterocycles. The number of halogens is 1. The van der Waals surface area contributed by atoms with Crippen molar-refractivity contribution in [2.24, 2.45) is 0 Å². The van der Waals surface area contributed by atoms with Gasteiger partial charge in [-0.2, -0.15) is 5.10 Å². The number of aromatic nitrogens is 3. The molecule has 0 fully saturated rings. The largest absolute Gasteiger partial charge is 0.392 e. The summed E-state index contributed by atoms with van der Waals surface area (Å²) in [6.45, 7) is 5.79. The highest BCUT2D eigenvalue weighted by Gasteiger charge is 2.12. The van der Waals surface area contributed by atoms with E-state index >= 15 is 0 Å². The van der Waals surface area contributed by atoms with Gasteiger partial charge in [-0.15, -0.1) is 0 Å². The van der Waals surface area contributed by atoms with Gasteiger partial charge in [0.1, 0.15) is 0 Å². The SMILES string of the molecule is CCc1cc(CO)cc(-n2nc(C)c(Cl)c2C)n1. The Morgan fingerprint density at radius 1 is 1.33 bits per heavy atom. The number of hydrogen-bond donors (Lipinski definition) is 1. The number of aliphatic hydroxyl groups excluding tert-OH is 1. The third-order valence-electron chi connectivity index (χ3n) is 2.89. The molecule has 96 valence electrons. The molecule has 0 unspecified atom stereocenters. The van der Waals surface area contributed by atoms with Crippen LogP contribution in [0, 0.1) is 13.8 Å². The monoisotopic (exact) mass is 265 g/mol. The number of hydrogen-bond acceptors (Lipinski definition) is 3. The van der Waals surface area contributed by atoms with Gasteiger partial charge in [0, 0.05) is 5.69 Å². The number of rotatable bonds is 3. The number of pyridine rings is 1. The van der Waals surface area contributed by atoms with Crippen molar-refractivity contribution in [3.05, 3.63) is 39.8 Å². The third kappa shape index (κ3) is 2.26. The van der Waals surface area contributed by atoms with Crippen molar-refractivity contribution < 1.29 is 5.11 Å². The zero-order valence-electron chi connectivity index (χ0n) is 10.7. The third-order valence-corrected chi connectivity index (χ3v) is 3.44. The van der Waals surface area contributed by atoms with Crippen molar-refractivity contribution in [2.75, 3.05) is 0 Å². The summed E-state index contributed by atoms with van der Waals surface area (Å²) in [5, 5.41) is 14.3. The smallest absolute Gasteiger partial charge is 0.154 e. The molecule has 0 atom stereocenters. The van der Waals surface area contributed by atoms with Gasteiger partial charge < -0.3 is 5.11 Å². The summed E-state index contributed by atoms with van der Waals surface area (Å²) in [6.07, 6.45) is 0.813. The Bertz CT molecular complexity index is 556. The Kier molecular flexibility index (Phi) is 3.68. The predicted molar refractivity (Wildman–Crippen MR) is 71.1 cm³/mol. The Morgan fingerprint density at radius 3 is 2.56 bits per heavy atom. The molecule has 0 aliphatic rings. The van der Waals surface area contributed by atoms with E-state index in [1.807, 2.05) is 32.9 Å². The van der Waals surface area contributed by atoms with E-state index in [1.54, 1.807) is 4.68 Å². The lowest BCUT2D eigenvalue weighted by atomic mass is 10.2. The average Bonchev–Trinajstić information content (AvgIpc) is 2.65. The molecule has 1 N–H and O–H groups in total. The summed E-state index contributed by atoms with van der Waals surface area (Å²) in [5.74, 6) is 0.700. The average molecular weight is 266 g/mol. The summed E-state index contributed by atoms with van der Waals surface area (Å²) in [6, 6.07) is 3.73. The Balaban J connectivity index is 2.59. The first-order chi connectivity index (χ1) is 8.56. The minimum absolute atomic E-state index is 0.00441. The van der Waals surface area contributed by atoms with E-state index in [9.17, 15) is 5.11 Å². The molecule has 18 heavy (non-hydrogen) atoms. The zero-order chi connectivity index (χ0) is 13.3. The first kappa shape index (κ1) is 13.1. The molecular weight excluding hydrogens is 250 g/mol. The van der Waals surface area contributed by atoms with E-state index in [2.05, 4.69) is 10.1 Å². The van der Waals surface area contributed by atoms with Gasteiger partial charge in [-0.3, -0.25) is 0 Å². The summed E-state index contributed by atoms with van der Waals surface area (Å²) in [5.41, 5.74) is 3.41. The molecular formula is C13H16ClN3O. The topological polar surface area (TPSA) is 50.9 Å². The summed E-state index contributed by atoms with van der Waals surface area (Å²) >= 11 is 6.14. The van der Waals surface area contributed by atoms with Crippen LogP contribution >= 0.6 is 11.6 Å². The normalized spacial score (nSPS) is 10.9. The molecule has 0 radical (unpaired) electrons. The lowest BCUT2D eigenvalue weighted by Gasteiger charge is -2.08. The quantitative estimate of drug-likeness (QED) is 0.928. The minimum atomic E-state index is -0.00441. The lowest BCUT2D eigenvalue weighted by molar-refractivity contribution is 0.281. The summed E-state index contributed by atoms with van der Waals surface area (Å²) in [7, 11) is 0. The molecule has 0 saturated carbocycles. The van der Waals surface area contributed by atoms with E-state index < -0.39 is 0 Å². The minimum Gasteiger partial charge on any atom is -0.392 e. The van der Waals surface area contributed by atoms with Gasteiger partial charge in [-0.05, 0) is 38.0 Å². The number of aliphatic hydroxyl groups is 1. The van der Waals surface area contributed by atoms with E-state index in [4.69, 9.17) is 11.6 Å². The van der Waals surface area contributed by atoms with Crippen LogP contribution in [0.15, 0.2) is 12.1 Å². The van der Waals surface area contributed by atoms with Crippen molar-refractivity contribution in [2.45, 2.75) is 33.8 Å². The van der Waals surface area contributed by atoms with Crippen LogP contribution in [0.25, 0.3) is 5.82 Å². The van der Waals surface area contributed by atoms with Crippen molar-refractivity contribution in [3.8, 4) is 5.82 Å². The molecule has 0 aliphatic heterocycles. The molecule has 0 aromatic carbocycles. The van der Waals surface area contributed by atoms with Gasteiger partial charge in [-0.1, -0.05) is 18.5 Å². The molecule has 5 heteroatoms. The van der Waals surface area contributed by atoms with Crippen LogP contribution in [-0.2, 0) is 13.0 Å². The van der Waals surface area contributed by atoms with Crippen LogP contribution in [0.2, 0.25) is 5.02 Å². The highest BCUT2D eigenvalue weighted by atomic mass is 35.5. The van der Waals surface area contributed by atoms with Crippen molar-refractivity contribution >= 4 is 11.6 Å². The van der Waals surface area contributed by atoms with E-state index in [0.29, 0.717) is 10.8 Å². The lowest BCUT2D eigenvalue weighted by Crippen LogP contribution is -2.05. The van der Waals surface area contributed by atoms with E-state index in [-0.39, 0.29) is 6.61 Å². The van der Waals surface area contributed by atoms with Crippen LogP contribution in [0.1, 0.15) is 29.6 Å². The molecule has 0 aliphatic carbocycles. The predicted octanol–water partition coefficient (Wildman–Crippen LogP) is 2.59. The fourth-order valence-corrected chi connectivity index (χ4v) is 1.98. The highest BCUT2D eigenvalue weighted by Crippen LogP contribution is 2.22. The van der Waals surface area contributed by atoms with E-state index in [1.165, 1.54) is 0 Å². The molecule has 2 heterocycles. The van der Waals surface area contributed by atoms with E-state index in [0.717, 1.165) is 29.1 Å². The second-order valence-electron chi connectivity index (χ2n) is 4.23. The molecule has 0 saturated heterocycles. The van der Waals surface area contributed by atoms with Crippen LogP contribution < -0.4 is 0 Å². The maximum Gasteiger partial charge on any atom is 0.154 e. The number of nitrogens with zero attached hydrogens (tertiary/aromatic N) is 3. The Hall–Kier alpha value is -1.39. The zero-order valence-corrected chi connectivity index (χ0v) is 11.5. The fraction of sp³-hybridized carbons (Fsp3) is 0.385. The maximum atomic E-state index is 9.27. The first-order valence-corrected chi connectivity index (χ1v) is 6.27. The van der Waals surface area contributed by atoms with Crippen molar-refractivity contribution in [1.29, 1.82) is 0 Å². The highest BCUT2D eigenvalue weighted by molar-refractivity contribution is 6.31. The van der Waals surface area contributed by atoms with Gasteiger partial charge in [0.2, 0.25) is 0 Å². The molecule has 4 nitrogen and oxygen atoms in total. The van der Waals surface area contributed by atoms with Gasteiger partial charge in [0.25, 0.3) is 0 Å².